The van der Waals surface area contributed by atoms with Gasteiger partial charge in [0, 0.05) is 31.8 Å². The van der Waals surface area contributed by atoms with Gasteiger partial charge in [-0.3, -0.25) is 4.79 Å². The number of methoxy groups -OCH3 is 1. The number of halogens is 2. The first-order chi connectivity index (χ1) is 10.4. The minimum atomic E-state index is -0.898. The van der Waals surface area contributed by atoms with E-state index >= 15 is 0 Å². The normalized spacial score (nSPS) is 19.0. The molecule has 0 aromatic heterocycles. The molecule has 0 bridgehead atoms. The fraction of sp³-hybridized carbons (Fsp3) is 0.562. The molecular formula is C16H22F2N2O2. The van der Waals surface area contributed by atoms with Crippen molar-refractivity contribution in [3.63, 3.8) is 0 Å². The molecule has 1 aliphatic heterocycles. The summed E-state index contributed by atoms with van der Waals surface area (Å²) < 4.78 is 32.8. The molecule has 122 valence electrons. The van der Waals surface area contributed by atoms with Crippen LogP contribution in [0, 0.1) is 11.6 Å². The Morgan fingerprint density at radius 1 is 1.36 bits per heavy atom. The largest absolute Gasteiger partial charge is 0.497 e. The molecule has 6 heteroatoms. The second-order valence-corrected chi connectivity index (χ2v) is 5.78. The van der Waals surface area contributed by atoms with E-state index in [-0.39, 0.29) is 11.8 Å². The molecule has 1 amide bonds. The predicted molar refractivity (Wildman–Crippen MR) is 80.1 cm³/mol. The Hall–Kier alpha value is -1.69. The van der Waals surface area contributed by atoms with E-state index in [1.807, 2.05) is 7.05 Å². The third kappa shape index (κ3) is 3.55. The van der Waals surface area contributed by atoms with Crippen molar-refractivity contribution >= 4 is 5.91 Å². The number of likely N-dealkylation sites (N-methyl/N-ethyl adjacent to an activating group) is 2. The summed E-state index contributed by atoms with van der Waals surface area (Å²) in [7, 11) is 4.91. The molecule has 1 aliphatic rings. The van der Waals surface area contributed by atoms with E-state index in [0.717, 1.165) is 37.9 Å². The summed E-state index contributed by atoms with van der Waals surface area (Å²) in [5, 5.41) is 0. The van der Waals surface area contributed by atoms with Crippen LogP contribution in [0.15, 0.2) is 12.1 Å². The maximum absolute atomic E-state index is 14.0. The van der Waals surface area contributed by atoms with Gasteiger partial charge >= 0.3 is 0 Å². The van der Waals surface area contributed by atoms with Gasteiger partial charge in [-0.05, 0) is 26.4 Å². The molecule has 1 aromatic carbocycles. The molecular weight excluding hydrogens is 290 g/mol. The van der Waals surface area contributed by atoms with Crippen molar-refractivity contribution in [2.24, 2.45) is 0 Å². The van der Waals surface area contributed by atoms with Crippen LogP contribution in [0.25, 0.3) is 0 Å². The summed E-state index contributed by atoms with van der Waals surface area (Å²) in [6.45, 7) is 1.44. The maximum atomic E-state index is 14.0. The number of carbonyl (C=O) groups is 1. The molecule has 1 heterocycles. The Kier molecular flexibility index (Phi) is 5.34. The Morgan fingerprint density at radius 3 is 2.55 bits per heavy atom. The SMILES string of the molecule is COc1cc(F)c(C(=O)N(C)CC2CCCCN2C)c(F)c1. The van der Waals surface area contributed by atoms with Gasteiger partial charge in [0.05, 0.1) is 7.11 Å². The molecule has 0 N–H and O–H groups in total. The van der Waals surface area contributed by atoms with Gasteiger partial charge in [-0.1, -0.05) is 6.42 Å². The number of nitrogens with zero attached hydrogens (tertiary/aromatic N) is 2. The van der Waals surface area contributed by atoms with Crippen LogP contribution in [0.4, 0.5) is 8.78 Å². The Balaban J connectivity index is 2.13. The fourth-order valence-electron chi connectivity index (χ4n) is 2.84. The number of hydrogen-bond acceptors (Lipinski definition) is 3. The average Bonchev–Trinajstić information content (AvgIpc) is 2.48. The van der Waals surface area contributed by atoms with Crippen molar-refractivity contribution in [1.82, 2.24) is 9.80 Å². The number of piperidine rings is 1. The Bertz CT molecular complexity index is 528. The Morgan fingerprint density at radius 2 is 2.00 bits per heavy atom. The number of hydrogen-bond donors (Lipinski definition) is 0. The summed E-state index contributed by atoms with van der Waals surface area (Å²) in [6, 6.07) is 2.28. The standard InChI is InChI=1S/C16H22F2N2O2/c1-19-7-5-4-6-11(19)10-20(2)16(21)15-13(17)8-12(22-3)9-14(15)18/h8-9,11H,4-7,10H2,1-3H3. The smallest absolute Gasteiger partial charge is 0.259 e. The molecule has 1 atom stereocenters. The van der Waals surface area contributed by atoms with Crippen molar-refractivity contribution < 1.29 is 18.3 Å². The summed E-state index contributed by atoms with van der Waals surface area (Å²) in [5.41, 5.74) is -0.526. The van der Waals surface area contributed by atoms with Crippen LogP contribution in [0.2, 0.25) is 0 Å². The molecule has 0 aliphatic carbocycles. The monoisotopic (exact) mass is 312 g/mol. The molecule has 0 spiro atoms. The van der Waals surface area contributed by atoms with Gasteiger partial charge in [-0.15, -0.1) is 0 Å². The number of benzene rings is 1. The topological polar surface area (TPSA) is 32.8 Å². The van der Waals surface area contributed by atoms with E-state index in [1.165, 1.54) is 12.0 Å². The lowest BCUT2D eigenvalue weighted by molar-refractivity contribution is 0.0707. The molecule has 1 fully saturated rings. The first-order valence-electron chi connectivity index (χ1n) is 7.42. The molecule has 4 nitrogen and oxygen atoms in total. The van der Waals surface area contributed by atoms with Crippen molar-refractivity contribution in [3.8, 4) is 5.75 Å². The number of likely N-dealkylation sites (tertiary alicyclic amines) is 1. The van der Waals surface area contributed by atoms with Crippen LogP contribution in [-0.2, 0) is 0 Å². The number of amides is 1. The molecule has 0 saturated carbocycles. The second kappa shape index (κ2) is 7.05. The van der Waals surface area contributed by atoms with Crippen LogP contribution in [0.3, 0.4) is 0 Å². The second-order valence-electron chi connectivity index (χ2n) is 5.78. The lowest BCUT2D eigenvalue weighted by Crippen LogP contribution is -2.45. The fourth-order valence-corrected chi connectivity index (χ4v) is 2.84. The highest BCUT2D eigenvalue weighted by molar-refractivity contribution is 5.94. The molecule has 0 radical (unpaired) electrons. The van der Waals surface area contributed by atoms with E-state index < -0.39 is 23.1 Å². The van der Waals surface area contributed by atoms with Crippen LogP contribution in [0.1, 0.15) is 29.6 Å². The van der Waals surface area contributed by atoms with Crippen LogP contribution < -0.4 is 4.74 Å². The third-order valence-electron chi connectivity index (χ3n) is 4.22. The van der Waals surface area contributed by atoms with Crippen molar-refractivity contribution in [2.75, 3.05) is 34.3 Å². The quantitative estimate of drug-likeness (QED) is 0.856. The molecule has 1 aromatic rings. The molecule has 1 saturated heterocycles. The zero-order valence-electron chi connectivity index (χ0n) is 13.2. The Labute approximate surface area is 129 Å². The van der Waals surface area contributed by atoms with E-state index in [0.29, 0.717) is 6.54 Å². The van der Waals surface area contributed by atoms with Crippen LogP contribution >= 0.6 is 0 Å². The summed E-state index contributed by atoms with van der Waals surface area (Å²) in [6.07, 6.45) is 3.25. The summed E-state index contributed by atoms with van der Waals surface area (Å²) in [5.74, 6) is -2.38. The summed E-state index contributed by atoms with van der Waals surface area (Å²) >= 11 is 0. The molecule has 2 rings (SSSR count). The number of rotatable bonds is 4. The number of carbonyl (C=O) groups excluding carboxylic acids is 1. The maximum Gasteiger partial charge on any atom is 0.259 e. The zero-order chi connectivity index (χ0) is 16.3. The van der Waals surface area contributed by atoms with Crippen LogP contribution in [0.5, 0.6) is 5.75 Å². The van der Waals surface area contributed by atoms with E-state index in [2.05, 4.69) is 4.90 Å². The van der Waals surface area contributed by atoms with E-state index in [9.17, 15) is 13.6 Å². The summed E-state index contributed by atoms with van der Waals surface area (Å²) in [4.78, 5) is 15.9. The number of ether oxygens (including phenoxy) is 1. The van der Waals surface area contributed by atoms with E-state index in [4.69, 9.17) is 4.74 Å². The van der Waals surface area contributed by atoms with Crippen molar-refractivity contribution in [1.29, 1.82) is 0 Å². The average molecular weight is 312 g/mol. The lowest BCUT2D eigenvalue weighted by atomic mass is 10.0. The van der Waals surface area contributed by atoms with Gasteiger partial charge in [0.1, 0.15) is 22.9 Å². The van der Waals surface area contributed by atoms with Gasteiger partial charge in [-0.25, -0.2) is 8.78 Å². The van der Waals surface area contributed by atoms with Crippen molar-refractivity contribution in [2.45, 2.75) is 25.3 Å². The molecule has 22 heavy (non-hydrogen) atoms. The van der Waals surface area contributed by atoms with Gasteiger partial charge in [0.25, 0.3) is 5.91 Å². The lowest BCUT2D eigenvalue weighted by Gasteiger charge is -2.35. The highest BCUT2D eigenvalue weighted by atomic mass is 19.1. The zero-order valence-corrected chi connectivity index (χ0v) is 13.2. The molecule has 1 unspecified atom stereocenters. The van der Waals surface area contributed by atoms with Crippen molar-refractivity contribution in [3.05, 3.63) is 29.3 Å². The highest BCUT2D eigenvalue weighted by Crippen LogP contribution is 2.22. The third-order valence-corrected chi connectivity index (χ3v) is 4.22. The van der Waals surface area contributed by atoms with Crippen LogP contribution in [-0.4, -0.2) is 56.0 Å². The van der Waals surface area contributed by atoms with Gasteiger partial charge < -0.3 is 14.5 Å². The van der Waals surface area contributed by atoms with E-state index in [1.54, 1.807) is 7.05 Å². The predicted octanol–water partition coefficient (Wildman–Crippen LogP) is 2.53. The first kappa shape index (κ1) is 16.7. The minimum absolute atomic E-state index is 0.0567. The minimum Gasteiger partial charge on any atom is -0.497 e. The van der Waals surface area contributed by atoms with Gasteiger partial charge in [0.15, 0.2) is 0 Å². The highest BCUT2D eigenvalue weighted by Gasteiger charge is 2.26. The van der Waals surface area contributed by atoms with Gasteiger partial charge in [-0.2, -0.15) is 0 Å². The first-order valence-corrected chi connectivity index (χ1v) is 7.42. The van der Waals surface area contributed by atoms with Gasteiger partial charge in [0.2, 0.25) is 0 Å².